The monoisotopic (exact) mass is 397 g/mol. The highest BCUT2D eigenvalue weighted by Gasteiger charge is 2.42. The predicted octanol–water partition coefficient (Wildman–Crippen LogP) is 0.590. The first kappa shape index (κ1) is 17.3. The van der Waals surface area contributed by atoms with Crippen LogP contribution in [0.3, 0.4) is 0 Å². The molecule has 2 aromatic rings. The van der Waals surface area contributed by atoms with Crippen LogP contribution in [0.15, 0.2) is 32.3 Å². The first-order chi connectivity index (χ1) is 12.3. The van der Waals surface area contributed by atoms with E-state index in [0.29, 0.717) is 17.5 Å². The number of aryl methyl sites for hydroxylation is 1. The molecular formula is C15H15N3O6S2. The molecule has 1 aromatic heterocycles. The van der Waals surface area contributed by atoms with Gasteiger partial charge in [-0.05, 0) is 24.6 Å². The molecule has 0 N–H and O–H groups in total. The summed E-state index contributed by atoms with van der Waals surface area (Å²) in [6.45, 7) is 0.291. The van der Waals surface area contributed by atoms with Gasteiger partial charge >= 0.3 is 5.76 Å². The lowest BCUT2D eigenvalue weighted by atomic mass is 10.2. The molecular weight excluding hydrogens is 382 g/mol. The van der Waals surface area contributed by atoms with Gasteiger partial charge in [-0.2, -0.15) is 4.31 Å². The van der Waals surface area contributed by atoms with E-state index in [2.05, 4.69) is 0 Å². The molecule has 0 radical (unpaired) electrons. The molecule has 2 fully saturated rings. The van der Waals surface area contributed by atoms with Crippen molar-refractivity contribution in [2.45, 2.75) is 17.4 Å². The summed E-state index contributed by atoms with van der Waals surface area (Å²) in [7, 11) is -2.32. The van der Waals surface area contributed by atoms with Crippen molar-refractivity contribution in [3.8, 4) is 0 Å². The molecule has 2 aliphatic heterocycles. The van der Waals surface area contributed by atoms with E-state index in [-0.39, 0.29) is 34.9 Å². The Balaban J connectivity index is 1.63. The zero-order chi connectivity index (χ0) is 18.6. The molecule has 0 unspecified atom stereocenters. The van der Waals surface area contributed by atoms with Gasteiger partial charge in [0.2, 0.25) is 15.9 Å². The number of benzene rings is 1. The van der Waals surface area contributed by atoms with Crippen LogP contribution < -0.4 is 5.76 Å². The number of aromatic nitrogens is 1. The van der Waals surface area contributed by atoms with Gasteiger partial charge in [0.15, 0.2) is 5.58 Å². The van der Waals surface area contributed by atoms with Crippen molar-refractivity contribution in [2.75, 3.05) is 18.8 Å². The maximum Gasteiger partial charge on any atom is 0.419 e. The number of hydrogen-bond donors (Lipinski definition) is 0. The average molecular weight is 397 g/mol. The highest BCUT2D eigenvalue weighted by atomic mass is 32.2. The number of fused-ring (bicyclic) bond motifs is 1. The van der Waals surface area contributed by atoms with Crippen molar-refractivity contribution in [1.29, 1.82) is 0 Å². The van der Waals surface area contributed by atoms with Crippen molar-refractivity contribution >= 4 is 44.0 Å². The SMILES string of the molecule is Cn1c(=O)oc2ccc(S(=O)(=O)N3CC[C@H](N4C(=O)CSC4=O)C3)cc21. The van der Waals surface area contributed by atoms with Crippen LogP contribution in [0.4, 0.5) is 4.79 Å². The summed E-state index contributed by atoms with van der Waals surface area (Å²) in [6, 6.07) is 3.78. The number of sulfonamides is 1. The maximum absolute atomic E-state index is 12.9. The molecule has 4 rings (SSSR count). The molecule has 0 bridgehead atoms. The Morgan fingerprint density at radius 2 is 2.00 bits per heavy atom. The summed E-state index contributed by atoms with van der Waals surface area (Å²) >= 11 is 0.937. The number of hydrogen-bond acceptors (Lipinski definition) is 7. The molecule has 2 amide bonds. The van der Waals surface area contributed by atoms with Crippen LogP contribution in [0.2, 0.25) is 0 Å². The highest BCUT2D eigenvalue weighted by Crippen LogP contribution is 2.29. The topological polar surface area (TPSA) is 110 Å². The summed E-state index contributed by atoms with van der Waals surface area (Å²) in [4.78, 5) is 36.5. The van der Waals surface area contributed by atoms with E-state index in [0.717, 1.165) is 11.8 Å². The number of carbonyl (C=O) groups is 2. The molecule has 138 valence electrons. The third-order valence-corrected chi connectivity index (χ3v) is 7.37. The lowest BCUT2D eigenvalue weighted by molar-refractivity contribution is -0.126. The normalized spacial score (nSPS) is 22.0. The van der Waals surface area contributed by atoms with Gasteiger partial charge in [-0.15, -0.1) is 0 Å². The molecule has 2 saturated heterocycles. The number of rotatable bonds is 3. The molecule has 0 spiro atoms. The molecule has 1 aromatic carbocycles. The number of nitrogens with zero attached hydrogens (tertiary/aromatic N) is 3. The van der Waals surface area contributed by atoms with Crippen LogP contribution in [-0.2, 0) is 21.9 Å². The molecule has 1 atom stereocenters. The van der Waals surface area contributed by atoms with E-state index < -0.39 is 21.8 Å². The van der Waals surface area contributed by atoms with Crippen molar-refractivity contribution in [2.24, 2.45) is 7.05 Å². The summed E-state index contributed by atoms with van der Waals surface area (Å²) < 4.78 is 33.4. The zero-order valence-electron chi connectivity index (χ0n) is 13.7. The predicted molar refractivity (Wildman–Crippen MR) is 93.3 cm³/mol. The minimum Gasteiger partial charge on any atom is -0.408 e. The van der Waals surface area contributed by atoms with E-state index in [9.17, 15) is 22.8 Å². The van der Waals surface area contributed by atoms with Gasteiger partial charge in [-0.3, -0.25) is 19.1 Å². The van der Waals surface area contributed by atoms with Crippen molar-refractivity contribution in [3.05, 3.63) is 28.7 Å². The van der Waals surface area contributed by atoms with Crippen LogP contribution >= 0.6 is 11.8 Å². The van der Waals surface area contributed by atoms with Crippen LogP contribution in [0.1, 0.15) is 6.42 Å². The van der Waals surface area contributed by atoms with Gasteiger partial charge in [0.25, 0.3) is 5.24 Å². The summed E-state index contributed by atoms with van der Waals surface area (Å²) in [5.74, 6) is -0.744. The summed E-state index contributed by atoms with van der Waals surface area (Å²) in [5, 5.41) is -0.325. The first-order valence-corrected chi connectivity index (χ1v) is 10.3. The second kappa shape index (κ2) is 5.96. The average Bonchev–Trinajstić information content (AvgIpc) is 3.27. The standard InChI is InChI=1S/C15H15N3O6S2/c1-16-11-6-10(2-3-12(11)24-14(16)20)26(22,23)17-5-4-9(7-17)18-13(19)8-25-15(18)21/h2-3,6,9H,4-5,7-8H2,1H3/t9-/m0/s1. The molecule has 9 nitrogen and oxygen atoms in total. The number of carbonyl (C=O) groups excluding carboxylic acids is 2. The summed E-state index contributed by atoms with van der Waals surface area (Å²) in [5.41, 5.74) is 0.689. The molecule has 11 heteroatoms. The Labute approximate surface area is 152 Å². The second-order valence-corrected chi connectivity index (χ2v) is 9.04. The Morgan fingerprint density at radius 3 is 2.69 bits per heavy atom. The van der Waals surface area contributed by atoms with Crippen molar-refractivity contribution in [1.82, 2.24) is 13.8 Å². The summed E-state index contributed by atoms with van der Waals surface area (Å²) in [6.07, 6.45) is 0.406. The fraction of sp³-hybridized carbons (Fsp3) is 0.400. The molecule has 2 aliphatic rings. The quantitative estimate of drug-likeness (QED) is 0.745. The lowest BCUT2D eigenvalue weighted by Crippen LogP contribution is -2.41. The number of amides is 2. The Bertz CT molecular complexity index is 1070. The Kier molecular flexibility index (Phi) is 3.97. The van der Waals surface area contributed by atoms with Gasteiger partial charge in [0, 0.05) is 20.1 Å². The number of thioether (sulfide) groups is 1. The highest BCUT2D eigenvalue weighted by molar-refractivity contribution is 8.14. The van der Waals surface area contributed by atoms with E-state index in [1.807, 2.05) is 0 Å². The minimum absolute atomic E-state index is 0.0375. The van der Waals surface area contributed by atoms with Gasteiger partial charge in [0.05, 0.1) is 22.2 Å². The first-order valence-electron chi connectivity index (χ1n) is 7.87. The lowest BCUT2D eigenvalue weighted by Gasteiger charge is -2.21. The van der Waals surface area contributed by atoms with Crippen LogP contribution in [0.25, 0.3) is 11.1 Å². The van der Waals surface area contributed by atoms with Gasteiger partial charge in [-0.1, -0.05) is 11.8 Å². The molecule has 26 heavy (non-hydrogen) atoms. The van der Waals surface area contributed by atoms with Gasteiger partial charge < -0.3 is 4.42 Å². The smallest absolute Gasteiger partial charge is 0.408 e. The molecule has 0 aliphatic carbocycles. The van der Waals surface area contributed by atoms with Crippen LogP contribution in [0.5, 0.6) is 0 Å². The Morgan fingerprint density at radius 1 is 1.23 bits per heavy atom. The van der Waals surface area contributed by atoms with Crippen LogP contribution in [-0.4, -0.2) is 58.2 Å². The van der Waals surface area contributed by atoms with Crippen molar-refractivity contribution < 1.29 is 22.4 Å². The minimum atomic E-state index is -3.81. The van der Waals surface area contributed by atoms with E-state index in [1.54, 1.807) is 0 Å². The van der Waals surface area contributed by atoms with E-state index >= 15 is 0 Å². The van der Waals surface area contributed by atoms with Gasteiger partial charge in [0.1, 0.15) is 0 Å². The number of oxazole rings is 1. The third-order valence-electron chi connectivity index (χ3n) is 4.68. The van der Waals surface area contributed by atoms with Crippen molar-refractivity contribution in [3.63, 3.8) is 0 Å². The van der Waals surface area contributed by atoms with Gasteiger partial charge in [-0.25, -0.2) is 13.2 Å². The third kappa shape index (κ3) is 2.58. The van der Waals surface area contributed by atoms with Crippen LogP contribution in [0, 0.1) is 0 Å². The largest absolute Gasteiger partial charge is 0.419 e. The Hall–Kier alpha value is -2.11. The maximum atomic E-state index is 12.9. The molecule has 3 heterocycles. The van der Waals surface area contributed by atoms with E-state index in [4.69, 9.17) is 4.42 Å². The van der Waals surface area contributed by atoms with E-state index in [1.165, 1.54) is 39.0 Å². The fourth-order valence-corrected chi connectivity index (χ4v) is 5.56. The zero-order valence-corrected chi connectivity index (χ0v) is 15.4. The molecule has 0 saturated carbocycles. The number of imide groups is 1. The second-order valence-electron chi connectivity index (χ2n) is 6.18. The fourth-order valence-electron chi connectivity index (χ4n) is 3.27.